The molecule has 5 aliphatic rings. The number of sulfone groups is 1. The standard InChI is InChI=1S/C46H51FN10O8S/c1-6-39(58)51-33-19-35(30-20-49-46(53-42(30)41(33)24(2)3)50-26-11-13-48-38(17-26)55-14-12-36(65-5)32(47)22-55)56-21-31(25(56)4)37-23-54(15-16-66(37,63)64)27-7-8-28-29(18-27)45(62)57(44(28)61)34-9-10-40(59)52-43(34)60/h6-8,11,13,17-20,24-25,31-32,34,36-37H,1,9-10,12,14-16,21-23H2,2-5H3,(H,51,58)(H,52,59,60)(H,48,49,50,53)/t25?,31?,32-,34?,36+,37?/m0/s1. The van der Waals surface area contributed by atoms with Gasteiger partial charge in [-0.2, -0.15) is 0 Å². The van der Waals surface area contributed by atoms with Gasteiger partial charge in [-0.3, -0.25) is 34.2 Å². The number of carbonyl (C=O) groups is 5. The van der Waals surface area contributed by atoms with Crippen molar-refractivity contribution >= 4 is 84.8 Å². The molecule has 346 valence electrons. The number of amides is 5. The number of piperidine rings is 2. The summed E-state index contributed by atoms with van der Waals surface area (Å²) < 4.78 is 47.9. The van der Waals surface area contributed by atoms with Crippen molar-refractivity contribution in [1.82, 2.24) is 25.2 Å². The molecule has 0 radical (unpaired) electrons. The van der Waals surface area contributed by atoms with Crippen molar-refractivity contribution in [2.45, 2.75) is 75.6 Å². The maximum Gasteiger partial charge on any atom is 0.262 e. The third kappa shape index (κ3) is 7.98. The predicted octanol–water partition coefficient (Wildman–Crippen LogP) is 4.11. The van der Waals surface area contributed by atoms with Gasteiger partial charge in [0.25, 0.3) is 11.8 Å². The van der Waals surface area contributed by atoms with Gasteiger partial charge in [-0.15, -0.1) is 0 Å². The zero-order valence-corrected chi connectivity index (χ0v) is 37.8. The maximum atomic E-state index is 14.8. The number of carbonyl (C=O) groups excluding carboxylic acids is 5. The molecule has 20 heteroatoms. The molecule has 5 aliphatic heterocycles. The molecule has 0 spiro atoms. The van der Waals surface area contributed by atoms with Crippen LogP contribution in [0.3, 0.4) is 0 Å². The van der Waals surface area contributed by atoms with Crippen LogP contribution in [0.15, 0.2) is 61.4 Å². The molecule has 5 amide bonds. The smallest absolute Gasteiger partial charge is 0.262 e. The second kappa shape index (κ2) is 17.4. The Hall–Kier alpha value is -6.54. The van der Waals surface area contributed by atoms with Gasteiger partial charge in [-0.05, 0) is 62.1 Å². The van der Waals surface area contributed by atoms with Gasteiger partial charge in [-0.1, -0.05) is 20.4 Å². The van der Waals surface area contributed by atoms with Gasteiger partial charge in [0.15, 0.2) is 9.84 Å². The molecule has 0 saturated carbocycles. The molecule has 4 fully saturated rings. The average molecular weight is 923 g/mol. The molecule has 4 saturated heterocycles. The van der Waals surface area contributed by atoms with E-state index in [2.05, 4.69) is 32.4 Å². The fraction of sp³-hybridized carbons (Fsp3) is 0.435. The van der Waals surface area contributed by atoms with Gasteiger partial charge in [0.2, 0.25) is 23.7 Å². The number of aromatic nitrogens is 3. The summed E-state index contributed by atoms with van der Waals surface area (Å²) in [6.45, 7) is 11.0. The van der Waals surface area contributed by atoms with Gasteiger partial charge < -0.3 is 30.1 Å². The third-order valence-corrected chi connectivity index (χ3v) is 15.8. The highest BCUT2D eigenvalue weighted by Gasteiger charge is 2.50. The minimum atomic E-state index is -3.57. The van der Waals surface area contributed by atoms with Gasteiger partial charge in [0.05, 0.1) is 46.0 Å². The minimum absolute atomic E-state index is 0.00348. The molecule has 2 aromatic heterocycles. The largest absolute Gasteiger partial charge is 0.378 e. The van der Waals surface area contributed by atoms with Crippen LogP contribution in [0.4, 0.5) is 38.9 Å². The molecule has 9 rings (SSSR count). The molecule has 66 heavy (non-hydrogen) atoms. The number of benzene rings is 2. The number of imide groups is 2. The lowest BCUT2D eigenvalue weighted by Gasteiger charge is -2.53. The molecular formula is C46H51FN10O8S. The number of alkyl halides is 1. The van der Waals surface area contributed by atoms with Crippen molar-refractivity contribution < 1.29 is 41.5 Å². The lowest BCUT2D eigenvalue weighted by molar-refractivity contribution is -0.136. The highest BCUT2D eigenvalue weighted by molar-refractivity contribution is 7.92. The van der Waals surface area contributed by atoms with Crippen LogP contribution in [0.1, 0.15) is 72.2 Å². The van der Waals surface area contributed by atoms with Crippen LogP contribution in [-0.4, -0.2) is 133 Å². The SMILES string of the molecule is C=CC(=O)Nc1cc(N2CC(C3CN(c4ccc5c(c4)C(=O)N(C4CCC(=O)NC4=O)C5=O)CCS3(=O)=O)C2C)c2cnc(Nc3ccnc(N4CC[C@@H](OC)[C@@H](F)C4)c3)nc2c1C(C)C. The summed E-state index contributed by atoms with van der Waals surface area (Å²) in [4.78, 5) is 85.2. The number of hydrogen-bond donors (Lipinski definition) is 3. The molecule has 0 bridgehead atoms. The molecule has 18 nitrogen and oxygen atoms in total. The van der Waals surface area contributed by atoms with Crippen LogP contribution < -0.4 is 30.7 Å². The zero-order chi connectivity index (χ0) is 46.8. The number of hydrogen-bond acceptors (Lipinski definition) is 15. The summed E-state index contributed by atoms with van der Waals surface area (Å²) in [5, 5.41) is 8.39. The third-order valence-electron chi connectivity index (χ3n) is 13.6. The second-order valence-electron chi connectivity index (χ2n) is 17.8. The summed E-state index contributed by atoms with van der Waals surface area (Å²) in [5.41, 5.74) is 4.07. The van der Waals surface area contributed by atoms with E-state index in [0.29, 0.717) is 59.0 Å². The number of rotatable bonds is 11. The monoisotopic (exact) mass is 922 g/mol. The van der Waals surface area contributed by atoms with E-state index < -0.39 is 62.9 Å². The molecular weight excluding hydrogens is 872 g/mol. The van der Waals surface area contributed by atoms with Crippen LogP contribution in [0.5, 0.6) is 0 Å². The minimum Gasteiger partial charge on any atom is -0.378 e. The molecule has 7 heterocycles. The van der Waals surface area contributed by atoms with E-state index in [0.717, 1.165) is 10.5 Å². The lowest BCUT2D eigenvalue weighted by Crippen LogP contribution is -2.64. The first-order valence-electron chi connectivity index (χ1n) is 22.1. The maximum absolute atomic E-state index is 14.8. The lowest BCUT2D eigenvalue weighted by atomic mass is 9.84. The zero-order valence-electron chi connectivity index (χ0n) is 37.0. The Bertz CT molecular complexity index is 2810. The Morgan fingerprint density at radius 1 is 1.00 bits per heavy atom. The van der Waals surface area contributed by atoms with E-state index in [4.69, 9.17) is 14.7 Å². The fourth-order valence-electron chi connectivity index (χ4n) is 10.0. The van der Waals surface area contributed by atoms with Crippen molar-refractivity contribution in [1.29, 1.82) is 0 Å². The number of methoxy groups -OCH3 is 1. The van der Waals surface area contributed by atoms with Gasteiger partial charge in [0.1, 0.15) is 18.0 Å². The van der Waals surface area contributed by atoms with E-state index in [1.165, 1.54) is 19.3 Å². The van der Waals surface area contributed by atoms with Crippen LogP contribution in [-0.2, 0) is 29.0 Å². The number of ether oxygens (including phenoxy) is 1. The topological polar surface area (TPSA) is 216 Å². The van der Waals surface area contributed by atoms with E-state index >= 15 is 0 Å². The highest BCUT2D eigenvalue weighted by atomic mass is 32.2. The molecule has 0 aliphatic carbocycles. The van der Waals surface area contributed by atoms with Crippen LogP contribution >= 0.6 is 0 Å². The number of nitrogens with one attached hydrogen (secondary N) is 3. The number of anilines is 6. The number of nitrogens with zero attached hydrogens (tertiary/aromatic N) is 7. The summed E-state index contributed by atoms with van der Waals surface area (Å²) in [6, 6.07) is 8.88. The van der Waals surface area contributed by atoms with E-state index in [1.54, 1.807) is 30.6 Å². The second-order valence-corrected chi connectivity index (χ2v) is 20.1. The highest BCUT2D eigenvalue weighted by Crippen LogP contribution is 2.45. The fourth-order valence-corrected chi connectivity index (χ4v) is 12.0. The van der Waals surface area contributed by atoms with Crippen molar-refractivity contribution in [2.75, 3.05) is 70.9 Å². The first kappa shape index (κ1) is 44.7. The number of halogens is 1. The van der Waals surface area contributed by atoms with Crippen LogP contribution in [0.25, 0.3) is 10.9 Å². The average Bonchev–Trinajstić information content (AvgIpc) is 3.53. The summed E-state index contributed by atoms with van der Waals surface area (Å²) >= 11 is 0. The first-order chi connectivity index (χ1) is 31.6. The van der Waals surface area contributed by atoms with Crippen molar-refractivity contribution in [2.24, 2.45) is 5.92 Å². The van der Waals surface area contributed by atoms with Crippen LogP contribution in [0.2, 0.25) is 0 Å². The van der Waals surface area contributed by atoms with Crippen molar-refractivity contribution in [3.05, 3.63) is 78.1 Å². The van der Waals surface area contributed by atoms with Crippen LogP contribution in [0, 0.1) is 5.92 Å². The first-order valence-corrected chi connectivity index (χ1v) is 23.8. The Morgan fingerprint density at radius 2 is 1.79 bits per heavy atom. The Balaban J connectivity index is 0.976. The molecule has 2 aromatic carbocycles. The quantitative estimate of drug-likeness (QED) is 0.143. The van der Waals surface area contributed by atoms with E-state index in [-0.39, 0.29) is 73.2 Å². The van der Waals surface area contributed by atoms with E-state index in [9.17, 15) is 36.8 Å². The molecule has 6 atom stereocenters. The van der Waals surface area contributed by atoms with Gasteiger partial charge in [-0.25, -0.2) is 27.8 Å². The van der Waals surface area contributed by atoms with Crippen molar-refractivity contribution in [3.8, 4) is 0 Å². The summed E-state index contributed by atoms with van der Waals surface area (Å²) in [7, 11) is -2.06. The van der Waals surface area contributed by atoms with Gasteiger partial charge in [0, 0.05) is 98.1 Å². The Kier molecular flexibility index (Phi) is 11.7. The Labute approximate surface area is 380 Å². The van der Waals surface area contributed by atoms with E-state index in [1.807, 2.05) is 42.7 Å². The molecule has 4 unspecified atom stereocenters. The Morgan fingerprint density at radius 3 is 2.50 bits per heavy atom. The molecule has 4 aromatic rings. The van der Waals surface area contributed by atoms with Crippen molar-refractivity contribution in [3.63, 3.8) is 0 Å². The number of pyridine rings is 1. The number of fused-ring (bicyclic) bond motifs is 2. The molecule has 3 N–H and O–H groups in total. The predicted molar refractivity (Wildman–Crippen MR) is 246 cm³/mol. The van der Waals surface area contributed by atoms with Gasteiger partial charge >= 0.3 is 0 Å². The summed E-state index contributed by atoms with van der Waals surface area (Å²) in [6.07, 6.45) is 3.50. The normalized spacial score (nSPS) is 25.2. The summed E-state index contributed by atoms with van der Waals surface area (Å²) in [5.74, 6) is -2.48.